The number of nitrogens with zero attached hydrogens (tertiary/aromatic N) is 1. The fraction of sp³-hybridized carbons (Fsp3) is 0.364. The maximum absolute atomic E-state index is 12.7. The van der Waals surface area contributed by atoms with Crippen LogP contribution in [0.1, 0.15) is 35.2 Å². The minimum atomic E-state index is -0.559. The Morgan fingerprint density at radius 2 is 1.83 bits per heavy atom. The SMILES string of the molecule is Cc1cc(Cl)cc2c1OC1(CCN(C(=O)COc3ccc(Cl)cc3)CC1)CC2=O. The fourth-order valence-electron chi connectivity index (χ4n) is 3.92. The molecule has 2 aliphatic heterocycles. The molecule has 1 saturated heterocycles. The molecule has 5 nitrogen and oxygen atoms in total. The van der Waals surface area contributed by atoms with Crippen molar-refractivity contribution in [2.45, 2.75) is 31.8 Å². The van der Waals surface area contributed by atoms with E-state index in [1.807, 2.05) is 6.92 Å². The van der Waals surface area contributed by atoms with Gasteiger partial charge in [-0.1, -0.05) is 23.2 Å². The predicted molar refractivity (Wildman–Crippen MR) is 111 cm³/mol. The molecule has 4 rings (SSSR count). The molecular weight excluding hydrogens is 413 g/mol. The molecular formula is C22H21Cl2NO4. The molecule has 0 N–H and O–H groups in total. The minimum Gasteiger partial charge on any atom is -0.486 e. The zero-order valence-corrected chi connectivity index (χ0v) is 17.6. The summed E-state index contributed by atoms with van der Waals surface area (Å²) in [6.07, 6.45) is 1.52. The maximum atomic E-state index is 12.7. The van der Waals surface area contributed by atoms with Gasteiger partial charge in [-0.2, -0.15) is 0 Å². The maximum Gasteiger partial charge on any atom is 0.260 e. The molecule has 152 valence electrons. The molecule has 0 atom stereocenters. The van der Waals surface area contributed by atoms with Gasteiger partial charge in [0.15, 0.2) is 12.4 Å². The lowest BCUT2D eigenvalue weighted by Crippen LogP contribution is -2.53. The molecule has 1 spiro atoms. The third kappa shape index (κ3) is 4.21. The summed E-state index contributed by atoms with van der Waals surface area (Å²) in [4.78, 5) is 27.0. The van der Waals surface area contributed by atoms with Crippen LogP contribution >= 0.6 is 23.2 Å². The van der Waals surface area contributed by atoms with Crippen LogP contribution in [0.4, 0.5) is 0 Å². The van der Waals surface area contributed by atoms with Crippen LogP contribution in [0.15, 0.2) is 36.4 Å². The summed E-state index contributed by atoms with van der Waals surface area (Å²) in [6, 6.07) is 10.4. The molecule has 1 fully saturated rings. The van der Waals surface area contributed by atoms with Crippen molar-refractivity contribution in [1.29, 1.82) is 0 Å². The summed E-state index contributed by atoms with van der Waals surface area (Å²) < 4.78 is 11.9. The van der Waals surface area contributed by atoms with Gasteiger partial charge in [0.1, 0.15) is 17.1 Å². The minimum absolute atomic E-state index is 0.0329. The first-order chi connectivity index (χ1) is 13.8. The molecule has 0 aromatic heterocycles. The van der Waals surface area contributed by atoms with Gasteiger partial charge >= 0.3 is 0 Å². The highest BCUT2D eigenvalue weighted by Gasteiger charge is 2.44. The molecule has 1 amide bonds. The molecule has 0 unspecified atom stereocenters. The Morgan fingerprint density at radius 3 is 2.52 bits per heavy atom. The van der Waals surface area contributed by atoms with Gasteiger partial charge in [0, 0.05) is 36.0 Å². The number of hydrogen-bond donors (Lipinski definition) is 0. The second-order valence-electron chi connectivity index (χ2n) is 7.61. The number of Topliss-reactive ketones (excluding diaryl/α,β-unsaturated/α-hetero) is 1. The Kier molecular flexibility index (Phi) is 5.45. The lowest BCUT2D eigenvalue weighted by molar-refractivity contribution is -0.136. The van der Waals surface area contributed by atoms with E-state index in [2.05, 4.69) is 0 Å². The summed E-state index contributed by atoms with van der Waals surface area (Å²) in [5.41, 5.74) is 0.849. The molecule has 2 aromatic rings. The molecule has 0 bridgehead atoms. The Balaban J connectivity index is 1.38. The first-order valence-electron chi connectivity index (χ1n) is 9.54. The average molecular weight is 434 g/mol. The number of fused-ring (bicyclic) bond motifs is 1. The number of ether oxygens (including phenoxy) is 2. The summed E-state index contributed by atoms with van der Waals surface area (Å²) in [6.45, 7) is 2.91. The third-order valence-electron chi connectivity index (χ3n) is 5.54. The highest BCUT2D eigenvalue weighted by atomic mass is 35.5. The summed E-state index contributed by atoms with van der Waals surface area (Å²) >= 11 is 11.9. The molecule has 2 aliphatic rings. The van der Waals surface area contributed by atoms with E-state index in [0.29, 0.717) is 59.5 Å². The smallest absolute Gasteiger partial charge is 0.260 e. The van der Waals surface area contributed by atoms with Gasteiger partial charge in [-0.3, -0.25) is 9.59 Å². The quantitative estimate of drug-likeness (QED) is 0.703. The lowest BCUT2D eigenvalue weighted by atomic mass is 9.82. The van der Waals surface area contributed by atoms with Gasteiger partial charge < -0.3 is 14.4 Å². The second kappa shape index (κ2) is 7.88. The number of piperidine rings is 1. The Labute approximate surface area is 179 Å². The van der Waals surface area contributed by atoms with E-state index in [4.69, 9.17) is 32.7 Å². The molecule has 0 aliphatic carbocycles. The molecule has 2 heterocycles. The van der Waals surface area contributed by atoms with Crippen molar-refractivity contribution in [3.05, 3.63) is 57.6 Å². The number of halogens is 2. The van der Waals surface area contributed by atoms with E-state index in [9.17, 15) is 9.59 Å². The van der Waals surface area contributed by atoms with E-state index >= 15 is 0 Å². The van der Waals surface area contributed by atoms with E-state index in [1.54, 1.807) is 41.3 Å². The van der Waals surface area contributed by atoms with Gasteiger partial charge in [0.05, 0.1) is 12.0 Å². The fourth-order valence-corrected chi connectivity index (χ4v) is 4.32. The topological polar surface area (TPSA) is 55.8 Å². The van der Waals surface area contributed by atoms with Crippen LogP contribution in [0.2, 0.25) is 10.0 Å². The van der Waals surface area contributed by atoms with Crippen molar-refractivity contribution in [2.24, 2.45) is 0 Å². The van der Waals surface area contributed by atoms with Crippen LogP contribution < -0.4 is 9.47 Å². The normalized spacial score (nSPS) is 17.6. The van der Waals surface area contributed by atoms with Crippen LogP contribution in [0.5, 0.6) is 11.5 Å². The molecule has 2 aromatic carbocycles. The summed E-state index contributed by atoms with van der Waals surface area (Å²) in [7, 11) is 0. The molecule has 0 radical (unpaired) electrons. The summed E-state index contributed by atoms with van der Waals surface area (Å²) in [5.74, 6) is 1.18. The van der Waals surface area contributed by atoms with E-state index < -0.39 is 5.60 Å². The number of rotatable bonds is 3. The number of carbonyl (C=O) groups is 2. The Hall–Kier alpha value is -2.24. The van der Waals surface area contributed by atoms with Crippen molar-refractivity contribution in [3.8, 4) is 11.5 Å². The highest BCUT2D eigenvalue weighted by molar-refractivity contribution is 6.31. The van der Waals surface area contributed by atoms with Gasteiger partial charge in [-0.25, -0.2) is 0 Å². The van der Waals surface area contributed by atoms with Crippen LogP contribution in [0.25, 0.3) is 0 Å². The number of ketones is 1. The standard InChI is InChI=1S/C22H21Cl2NO4/c1-14-10-16(24)11-18-19(26)12-22(29-21(14)18)6-8-25(9-7-22)20(27)13-28-17-4-2-15(23)3-5-17/h2-5,10-11H,6-9,12-13H2,1H3. The number of hydrogen-bond acceptors (Lipinski definition) is 4. The number of likely N-dealkylation sites (tertiary alicyclic amines) is 1. The van der Waals surface area contributed by atoms with Crippen LogP contribution in [-0.4, -0.2) is 41.9 Å². The first kappa shape index (κ1) is 20.0. The molecule has 0 saturated carbocycles. The van der Waals surface area contributed by atoms with Crippen molar-refractivity contribution >= 4 is 34.9 Å². The van der Waals surface area contributed by atoms with E-state index in [0.717, 1.165) is 5.56 Å². The van der Waals surface area contributed by atoms with Crippen LogP contribution in [0.3, 0.4) is 0 Å². The van der Waals surface area contributed by atoms with E-state index in [1.165, 1.54) is 0 Å². The largest absolute Gasteiger partial charge is 0.486 e. The number of carbonyl (C=O) groups excluding carboxylic acids is 2. The molecule has 7 heteroatoms. The van der Waals surface area contributed by atoms with Gasteiger partial charge in [0.25, 0.3) is 5.91 Å². The number of amides is 1. The first-order valence-corrected chi connectivity index (χ1v) is 10.3. The van der Waals surface area contributed by atoms with Gasteiger partial charge in [0.2, 0.25) is 0 Å². The molecule has 29 heavy (non-hydrogen) atoms. The van der Waals surface area contributed by atoms with Crippen molar-refractivity contribution in [3.63, 3.8) is 0 Å². The van der Waals surface area contributed by atoms with Gasteiger partial charge in [-0.15, -0.1) is 0 Å². The third-order valence-corrected chi connectivity index (χ3v) is 6.01. The van der Waals surface area contributed by atoms with E-state index in [-0.39, 0.29) is 18.3 Å². The number of benzene rings is 2. The Bertz CT molecular complexity index is 950. The number of aryl methyl sites for hydroxylation is 1. The van der Waals surface area contributed by atoms with Crippen LogP contribution in [-0.2, 0) is 4.79 Å². The van der Waals surface area contributed by atoms with Crippen molar-refractivity contribution in [1.82, 2.24) is 4.90 Å². The monoisotopic (exact) mass is 433 g/mol. The highest BCUT2D eigenvalue weighted by Crippen LogP contribution is 2.42. The predicted octanol–water partition coefficient (Wildman–Crippen LogP) is 4.71. The van der Waals surface area contributed by atoms with Crippen molar-refractivity contribution in [2.75, 3.05) is 19.7 Å². The zero-order valence-electron chi connectivity index (χ0n) is 16.0. The second-order valence-corrected chi connectivity index (χ2v) is 8.48. The van der Waals surface area contributed by atoms with Crippen molar-refractivity contribution < 1.29 is 19.1 Å². The summed E-state index contributed by atoms with van der Waals surface area (Å²) in [5, 5.41) is 1.15. The average Bonchev–Trinajstić information content (AvgIpc) is 2.69. The van der Waals surface area contributed by atoms with Gasteiger partial charge in [-0.05, 0) is 48.9 Å². The van der Waals surface area contributed by atoms with Crippen LogP contribution in [0, 0.1) is 6.92 Å². The zero-order chi connectivity index (χ0) is 20.6. The lowest BCUT2D eigenvalue weighted by Gasteiger charge is -2.44. The Morgan fingerprint density at radius 1 is 1.14 bits per heavy atom.